The Bertz CT molecular complexity index is 803. The summed E-state index contributed by atoms with van der Waals surface area (Å²) in [5.74, 6) is 0.279. The van der Waals surface area contributed by atoms with E-state index in [1.165, 1.54) is 30.5 Å². The van der Waals surface area contributed by atoms with Crippen LogP contribution in [0.15, 0.2) is 37.1 Å². The minimum atomic E-state index is -0.338. The highest BCUT2D eigenvalue weighted by Crippen LogP contribution is 2.26. The maximum Gasteiger partial charge on any atom is 0.258 e. The van der Waals surface area contributed by atoms with Gasteiger partial charge >= 0.3 is 0 Å². The second-order valence-corrected chi connectivity index (χ2v) is 6.60. The summed E-state index contributed by atoms with van der Waals surface area (Å²) in [6.45, 7) is 5.65. The van der Waals surface area contributed by atoms with E-state index in [9.17, 15) is 9.59 Å². The lowest BCUT2D eigenvalue weighted by Gasteiger charge is -2.21. The van der Waals surface area contributed by atoms with Crippen molar-refractivity contribution in [2.75, 3.05) is 32.6 Å². The number of thiazole rings is 1. The molecule has 1 aromatic carbocycles. The molecule has 1 heterocycles. The van der Waals surface area contributed by atoms with Crippen molar-refractivity contribution < 1.29 is 19.1 Å². The summed E-state index contributed by atoms with van der Waals surface area (Å²) in [6, 6.07) is 4.90. The molecule has 0 aliphatic heterocycles. The summed E-state index contributed by atoms with van der Waals surface area (Å²) in [6.07, 6.45) is 3.24. The molecule has 1 N–H and O–H groups in total. The summed E-state index contributed by atoms with van der Waals surface area (Å²) in [4.78, 5) is 31.6. The fourth-order valence-electron chi connectivity index (χ4n) is 2.27. The number of hydrogen-bond acceptors (Lipinski definition) is 6. The van der Waals surface area contributed by atoms with Crippen molar-refractivity contribution in [3.63, 3.8) is 0 Å². The molecule has 7 nitrogen and oxygen atoms in total. The summed E-state index contributed by atoms with van der Waals surface area (Å²) in [5.41, 5.74) is 0.341. The van der Waals surface area contributed by atoms with E-state index < -0.39 is 0 Å². The van der Waals surface area contributed by atoms with Gasteiger partial charge in [-0.1, -0.05) is 6.08 Å². The second kappa shape index (κ2) is 9.00. The number of anilines is 1. The Morgan fingerprint density at radius 3 is 2.69 bits per heavy atom. The highest BCUT2D eigenvalue weighted by atomic mass is 32.1. The zero-order chi connectivity index (χ0) is 19.1. The number of amides is 2. The average molecular weight is 375 g/mol. The highest BCUT2D eigenvalue weighted by Gasteiger charge is 2.22. The minimum absolute atomic E-state index is 0.126. The summed E-state index contributed by atoms with van der Waals surface area (Å²) >= 11 is 1.37. The van der Waals surface area contributed by atoms with Crippen LogP contribution in [0.2, 0.25) is 0 Å². The van der Waals surface area contributed by atoms with Crippen LogP contribution in [0, 0.1) is 6.92 Å². The number of aromatic nitrogens is 1. The molecule has 2 amide bonds. The van der Waals surface area contributed by atoms with Gasteiger partial charge in [0.25, 0.3) is 5.91 Å². The molecule has 0 saturated carbocycles. The SMILES string of the molecule is C=CCN(CC(=O)Nc1ncc(C)s1)C(=O)c1ccc(OC)cc1OC. The van der Waals surface area contributed by atoms with Gasteiger partial charge in [0.05, 0.1) is 19.8 Å². The molecular formula is C18H21N3O4S. The predicted octanol–water partition coefficient (Wildman–Crippen LogP) is 2.74. The lowest BCUT2D eigenvalue weighted by Crippen LogP contribution is -2.38. The minimum Gasteiger partial charge on any atom is -0.497 e. The summed E-state index contributed by atoms with van der Waals surface area (Å²) < 4.78 is 10.4. The first-order valence-electron chi connectivity index (χ1n) is 7.83. The smallest absolute Gasteiger partial charge is 0.258 e. The first-order chi connectivity index (χ1) is 12.5. The zero-order valence-corrected chi connectivity index (χ0v) is 15.8. The Kier molecular flexibility index (Phi) is 6.74. The van der Waals surface area contributed by atoms with Crippen LogP contribution in [-0.4, -0.2) is 49.0 Å². The van der Waals surface area contributed by atoms with Crippen LogP contribution in [0.25, 0.3) is 0 Å². The summed E-state index contributed by atoms with van der Waals surface area (Å²) in [5, 5.41) is 3.19. The molecule has 26 heavy (non-hydrogen) atoms. The number of ether oxygens (including phenoxy) is 2. The Balaban J connectivity index is 2.16. The Morgan fingerprint density at radius 2 is 2.12 bits per heavy atom. The number of rotatable bonds is 8. The van der Waals surface area contributed by atoms with Gasteiger partial charge in [0.15, 0.2) is 5.13 Å². The molecule has 0 fully saturated rings. The number of nitrogens with zero attached hydrogens (tertiary/aromatic N) is 2. The van der Waals surface area contributed by atoms with Crippen LogP contribution in [0.1, 0.15) is 15.2 Å². The highest BCUT2D eigenvalue weighted by molar-refractivity contribution is 7.15. The average Bonchev–Trinajstić information content (AvgIpc) is 3.04. The van der Waals surface area contributed by atoms with Gasteiger partial charge in [0.1, 0.15) is 18.0 Å². The molecule has 0 saturated heterocycles. The van der Waals surface area contributed by atoms with Crippen LogP contribution < -0.4 is 14.8 Å². The molecule has 2 rings (SSSR count). The van der Waals surface area contributed by atoms with Crippen LogP contribution in [0.3, 0.4) is 0 Å². The van der Waals surface area contributed by atoms with E-state index in [1.807, 2.05) is 6.92 Å². The molecule has 2 aromatic rings. The van der Waals surface area contributed by atoms with Gasteiger partial charge in [0, 0.05) is 23.7 Å². The Hall–Kier alpha value is -2.87. The Labute approximate surface area is 156 Å². The quantitative estimate of drug-likeness (QED) is 0.718. The normalized spacial score (nSPS) is 10.1. The standard InChI is InChI=1S/C18H21N3O4S/c1-5-8-21(11-16(22)20-18-19-10-12(2)26-18)17(23)14-7-6-13(24-3)9-15(14)25-4/h5-7,9-10H,1,8,11H2,2-4H3,(H,19,20,22). The molecule has 0 unspecified atom stereocenters. The molecule has 0 aliphatic rings. The first kappa shape index (κ1) is 19.5. The van der Waals surface area contributed by atoms with Crippen molar-refractivity contribution >= 4 is 28.3 Å². The molecule has 0 atom stereocenters. The van der Waals surface area contributed by atoms with Gasteiger partial charge in [0.2, 0.25) is 5.91 Å². The van der Waals surface area contributed by atoms with E-state index >= 15 is 0 Å². The maximum atomic E-state index is 12.9. The molecule has 0 bridgehead atoms. The van der Waals surface area contributed by atoms with E-state index in [0.29, 0.717) is 22.2 Å². The number of nitrogens with one attached hydrogen (secondary N) is 1. The predicted molar refractivity (Wildman–Crippen MR) is 101 cm³/mol. The number of carbonyl (C=O) groups excluding carboxylic acids is 2. The van der Waals surface area contributed by atoms with Gasteiger partial charge in [-0.15, -0.1) is 17.9 Å². The van der Waals surface area contributed by atoms with Gasteiger partial charge in [-0.2, -0.15) is 0 Å². The molecular weight excluding hydrogens is 354 g/mol. The van der Waals surface area contributed by atoms with Crippen molar-refractivity contribution in [1.29, 1.82) is 0 Å². The molecule has 1 aromatic heterocycles. The second-order valence-electron chi connectivity index (χ2n) is 5.36. The third-order valence-electron chi connectivity index (χ3n) is 3.48. The van der Waals surface area contributed by atoms with Gasteiger partial charge in [-0.3, -0.25) is 9.59 Å². The fraction of sp³-hybridized carbons (Fsp3) is 0.278. The van der Waals surface area contributed by atoms with Crippen molar-refractivity contribution in [1.82, 2.24) is 9.88 Å². The zero-order valence-electron chi connectivity index (χ0n) is 14.9. The maximum absolute atomic E-state index is 12.9. The van der Waals surface area contributed by atoms with Crippen LogP contribution in [0.4, 0.5) is 5.13 Å². The molecule has 138 valence electrons. The Morgan fingerprint density at radius 1 is 1.35 bits per heavy atom. The molecule has 0 radical (unpaired) electrons. The van der Waals surface area contributed by atoms with E-state index in [4.69, 9.17) is 9.47 Å². The monoisotopic (exact) mass is 375 g/mol. The van der Waals surface area contributed by atoms with Gasteiger partial charge in [-0.25, -0.2) is 4.98 Å². The summed E-state index contributed by atoms with van der Waals surface area (Å²) in [7, 11) is 3.01. The number of carbonyl (C=O) groups is 2. The van der Waals surface area contributed by atoms with Crippen LogP contribution in [-0.2, 0) is 4.79 Å². The van der Waals surface area contributed by atoms with E-state index in [1.54, 1.807) is 30.5 Å². The number of hydrogen-bond donors (Lipinski definition) is 1. The van der Waals surface area contributed by atoms with E-state index in [-0.39, 0.29) is 24.9 Å². The van der Waals surface area contributed by atoms with Crippen molar-refractivity contribution in [2.24, 2.45) is 0 Å². The van der Waals surface area contributed by atoms with Crippen LogP contribution in [0.5, 0.6) is 11.5 Å². The van der Waals surface area contributed by atoms with Gasteiger partial charge in [-0.05, 0) is 19.1 Å². The van der Waals surface area contributed by atoms with E-state index in [2.05, 4.69) is 16.9 Å². The van der Waals surface area contributed by atoms with Crippen molar-refractivity contribution in [2.45, 2.75) is 6.92 Å². The topological polar surface area (TPSA) is 80.8 Å². The van der Waals surface area contributed by atoms with E-state index in [0.717, 1.165) is 4.88 Å². The molecule has 0 aliphatic carbocycles. The number of aryl methyl sites for hydroxylation is 1. The van der Waals surface area contributed by atoms with Crippen LogP contribution >= 0.6 is 11.3 Å². The van der Waals surface area contributed by atoms with Gasteiger partial charge < -0.3 is 19.7 Å². The largest absolute Gasteiger partial charge is 0.497 e. The number of methoxy groups -OCH3 is 2. The third kappa shape index (κ3) is 4.82. The third-order valence-corrected chi connectivity index (χ3v) is 4.31. The molecule has 0 spiro atoms. The molecule has 8 heteroatoms. The van der Waals surface area contributed by atoms with Crippen molar-refractivity contribution in [3.05, 3.63) is 47.5 Å². The lowest BCUT2D eigenvalue weighted by molar-refractivity contribution is -0.116. The first-order valence-corrected chi connectivity index (χ1v) is 8.64. The van der Waals surface area contributed by atoms with Crippen molar-refractivity contribution in [3.8, 4) is 11.5 Å². The lowest BCUT2D eigenvalue weighted by atomic mass is 10.1. The fourth-order valence-corrected chi connectivity index (χ4v) is 2.95. The number of benzene rings is 1.